The minimum absolute atomic E-state index is 0.0612. The van der Waals surface area contributed by atoms with Gasteiger partial charge in [0.1, 0.15) is 11.9 Å². The molecule has 1 aromatic heterocycles. The molecule has 0 aliphatic heterocycles. The van der Waals surface area contributed by atoms with E-state index in [1.165, 1.54) is 0 Å². The van der Waals surface area contributed by atoms with Crippen molar-refractivity contribution in [2.75, 3.05) is 13.7 Å². The van der Waals surface area contributed by atoms with Crippen molar-refractivity contribution in [1.82, 2.24) is 9.55 Å². The van der Waals surface area contributed by atoms with Crippen molar-refractivity contribution in [3.8, 4) is 0 Å². The third kappa shape index (κ3) is 2.29. The first-order chi connectivity index (χ1) is 6.16. The Morgan fingerprint density at radius 1 is 1.69 bits per heavy atom. The van der Waals surface area contributed by atoms with Crippen LogP contribution in [0.25, 0.3) is 0 Å². The number of aliphatic hydroxyl groups excluding tert-OH is 1. The zero-order chi connectivity index (χ0) is 9.84. The van der Waals surface area contributed by atoms with Crippen molar-refractivity contribution >= 4 is 0 Å². The van der Waals surface area contributed by atoms with Crippen molar-refractivity contribution in [2.45, 2.75) is 13.0 Å². The first-order valence-electron chi connectivity index (χ1n) is 4.31. The number of aryl methyl sites for hydroxylation is 1. The molecule has 0 bridgehead atoms. The van der Waals surface area contributed by atoms with Crippen LogP contribution in [0.1, 0.15) is 18.9 Å². The molecule has 0 saturated heterocycles. The predicted molar refractivity (Wildman–Crippen MR) is 49.2 cm³/mol. The molecular formula is C9H16N2O2. The molecule has 0 amide bonds. The average molecular weight is 184 g/mol. The first kappa shape index (κ1) is 10.2. The van der Waals surface area contributed by atoms with E-state index in [4.69, 9.17) is 4.74 Å². The van der Waals surface area contributed by atoms with Crippen molar-refractivity contribution in [1.29, 1.82) is 0 Å². The number of nitrogens with zero attached hydrogens (tertiary/aromatic N) is 2. The molecule has 1 aromatic rings. The standard InChI is InChI=1S/C9H16N2O2/c1-7(6-13-3)8(12)9-10-4-5-11(9)2/h4-5,7-8,12H,6H2,1-3H3. The number of aromatic nitrogens is 2. The van der Waals surface area contributed by atoms with Crippen molar-refractivity contribution < 1.29 is 9.84 Å². The van der Waals surface area contributed by atoms with E-state index < -0.39 is 6.10 Å². The maximum atomic E-state index is 9.83. The van der Waals surface area contributed by atoms with Crippen LogP contribution in [0.2, 0.25) is 0 Å². The molecule has 0 aliphatic carbocycles. The highest BCUT2D eigenvalue weighted by Crippen LogP contribution is 2.19. The maximum absolute atomic E-state index is 9.83. The fourth-order valence-electron chi connectivity index (χ4n) is 1.27. The van der Waals surface area contributed by atoms with Crippen molar-refractivity contribution in [3.63, 3.8) is 0 Å². The van der Waals surface area contributed by atoms with Gasteiger partial charge in [0, 0.05) is 32.5 Å². The smallest absolute Gasteiger partial charge is 0.137 e. The summed E-state index contributed by atoms with van der Waals surface area (Å²) < 4.78 is 6.78. The highest BCUT2D eigenvalue weighted by Gasteiger charge is 2.19. The minimum Gasteiger partial charge on any atom is -0.385 e. The number of aliphatic hydroxyl groups is 1. The maximum Gasteiger partial charge on any atom is 0.137 e. The van der Waals surface area contributed by atoms with Crippen molar-refractivity contribution in [3.05, 3.63) is 18.2 Å². The first-order valence-corrected chi connectivity index (χ1v) is 4.31. The fraction of sp³-hybridized carbons (Fsp3) is 0.667. The highest BCUT2D eigenvalue weighted by molar-refractivity contribution is 4.96. The zero-order valence-electron chi connectivity index (χ0n) is 8.27. The number of hydrogen-bond acceptors (Lipinski definition) is 3. The van der Waals surface area contributed by atoms with Crippen LogP contribution in [0, 0.1) is 5.92 Å². The minimum atomic E-state index is -0.556. The topological polar surface area (TPSA) is 47.3 Å². The van der Waals surface area contributed by atoms with E-state index in [9.17, 15) is 5.11 Å². The van der Waals surface area contributed by atoms with Crippen LogP contribution in [-0.2, 0) is 11.8 Å². The molecule has 13 heavy (non-hydrogen) atoms. The number of rotatable bonds is 4. The number of imidazole rings is 1. The fourth-order valence-corrected chi connectivity index (χ4v) is 1.27. The SMILES string of the molecule is COCC(C)C(O)c1nccn1C. The molecule has 1 heterocycles. The van der Waals surface area contributed by atoms with Gasteiger partial charge in [0.05, 0.1) is 6.61 Å². The summed E-state index contributed by atoms with van der Waals surface area (Å²) >= 11 is 0. The molecule has 74 valence electrons. The molecule has 2 atom stereocenters. The Hall–Kier alpha value is -0.870. The second-order valence-electron chi connectivity index (χ2n) is 3.27. The summed E-state index contributed by atoms with van der Waals surface area (Å²) in [6, 6.07) is 0. The Bertz CT molecular complexity index is 260. The summed E-state index contributed by atoms with van der Waals surface area (Å²) in [6.45, 7) is 2.47. The summed E-state index contributed by atoms with van der Waals surface area (Å²) in [7, 11) is 3.49. The summed E-state index contributed by atoms with van der Waals surface area (Å²) in [5.74, 6) is 0.746. The lowest BCUT2D eigenvalue weighted by Crippen LogP contribution is -2.17. The Labute approximate surface area is 78.2 Å². The Kier molecular flexibility index (Phi) is 3.45. The van der Waals surface area contributed by atoms with Gasteiger partial charge < -0.3 is 14.4 Å². The van der Waals surface area contributed by atoms with E-state index in [-0.39, 0.29) is 5.92 Å². The highest BCUT2D eigenvalue weighted by atomic mass is 16.5. The average Bonchev–Trinajstić information content (AvgIpc) is 2.50. The molecule has 0 saturated carbocycles. The van der Waals surface area contributed by atoms with E-state index >= 15 is 0 Å². The molecule has 0 fully saturated rings. The quantitative estimate of drug-likeness (QED) is 0.750. The van der Waals surface area contributed by atoms with E-state index in [1.54, 1.807) is 13.3 Å². The molecule has 2 unspecified atom stereocenters. The van der Waals surface area contributed by atoms with Crippen molar-refractivity contribution in [2.24, 2.45) is 13.0 Å². The lowest BCUT2D eigenvalue weighted by Gasteiger charge is -2.17. The molecular weight excluding hydrogens is 168 g/mol. The lowest BCUT2D eigenvalue weighted by molar-refractivity contribution is 0.0496. The Morgan fingerprint density at radius 2 is 2.38 bits per heavy atom. The van der Waals surface area contributed by atoms with Gasteiger partial charge in [-0.25, -0.2) is 4.98 Å². The van der Waals surface area contributed by atoms with Gasteiger partial charge in [-0.05, 0) is 0 Å². The molecule has 1 rings (SSSR count). The Balaban J connectivity index is 2.67. The van der Waals surface area contributed by atoms with Gasteiger partial charge in [-0.1, -0.05) is 6.92 Å². The third-order valence-electron chi connectivity index (χ3n) is 2.09. The van der Waals surface area contributed by atoms with Crippen LogP contribution in [0.3, 0.4) is 0 Å². The summed E-state index contributed by atoms with van der Waals surface area (Å²) in [5, 5.41) is 9.83. The van der Waals surface area contributed by atoms with E-state index in [0.717, 1.165) is 0 Å². The Morgan fingerprint density at radius 3 is 2.85 bits per heavy atom. The third-order valence-corrected chi connectivity index (χ3v) is 2.09. The van der Waals surface area contributed by atoms with Gasteiger partial charge in [-0.3, -0.25) is 0 Å². The molecule has 0 spiro atoms. The molecule has 0 aliphatic rings. The van der Waals surface area contributed by atoms with Crippen LogP contribution >= 0.6 is 0 Å². The molecule has 4 nitrogen and oxygen atoms in total. The predicted octanol–water partition coefficient (Wildman–Crippen LogP) is 0.736. The van der Waals surface area contributed by atoms with E-state index in [0.29, 0.717) is 12.4 Å². The summed E-state index contributed by atoms with van der Waals surface area (Å²) in [4.78, 5) is 4.08. The van der Waals surface area contributed by atoms with Crippen LogP contribution in [0.4, 0.5) is 0 Å². The second-order valence-corrected chi connectivity index (χ2v) is 3.27. The lowest BCUT2D eigenvalue weighted by atomic mass is 10.1. The largest absolute Gasteiger partial charge is 0.385 e. The van der Waals surface area contributed by atoms with Crippen LogP contribution in [0.5, 0.6) is 0 Å². The zero-order valence-corrected chi connectivity index (χ0v) is 8.27. The van der Waals surface area contributed by atoms with Crippen LogP contribution in [0.15, 0.2) is 12.4 Å². The number of methoxy groups -OCH3 is 1. The van der Waals surface area contributed by atoms with Crippen LogP contribution in [-0.4, -0.2) is 28.4 Å². The molecule has 4 heteroatoms. The molecule has 0 aromatic carbocycles. The monoisotopic (exact) mass is 184 g/mol. The second kappa shape index (κ2) is 4.39. The number of hydrogen-bond donors (Lipinski definition) is 1. The van der Waals surface area contributed by atoms with Crippen LogP contribution < -0.4 is 0 Å². The molecule has 1 N–H and O–H groups in total. The van der Waals surface area contributed by atoms with Gasteiger partial charge in [-0.15, -0.1) is 0 Å². The summed E-state index contributed by atoms with van der Waals surface area (Å²) in [5.41, 5.74) is 0. The number of ether oxygens (including phenoxy) is 1. The van der Waals surface area contributed by atoms with E-state index in [2.05, 4.69) is 4.98 Å². The van der Waals surface area contributed by atoms with Gasteiger partial charge in [0.15, 0.2) is 0 Å². The van der Waals surface area contributed by atoms with Gasteiger partial charge >= 0.3 is 0 Å². The normalized spacial score (nSPS) is 15.7. The summed E-state index contributed by atoms with van der Waals surface area (Å²) in [6.07, 6.45) is 2.94. The van der Waals surface area contributed by atoms with Gasteiger partial charge in [-0.2, -0.15) is 0 Å². The van der Waals surface area contributed by atoms with E-state index in [1.807, 2.05) is 24.7 Å². The van der Waals surface area contributed by atoms with Gasteiger partial charge in [0.2, 0.25) is 0 Å². The molecule has 0 radical (unpaired) electrons. The van der Waals surface area contributed by atoms with Gasteiger partial charge in [0.25, 0.3) is 0 Å².